The summed E-state index contributed by atoms with van der Waals surface area (Å²) in [5.74, 6) is 0.810. The molecule has 0 aromatic rings. The van der Waals surface area contributed by atoms with Crippen molar-refractivity contribution in [1.29, 1.82) is 10.7 Å². The second kappa shape index (κ2) is 7.21. The van der Waals surface area contributed by atoms with E-state index in [9.17, 15) is 9.65 Å². The molecule has 4 unspecified atom stereocenters. The Morgan fingerprint density at radius 3 is 2.78 bits per heavy atom. The molecule has 3 nitrogen and oxygen atoms in total. The normalized spacial score (nSPS) is 27.1. The number of alkyl halides is 1. The summed E-state index contributed by atoms with van der Waals surface area (Å²) in [5.41, 5.74) is 2.12. The van der Waals surface area contributed by atoms with Crippen LogP contribution in [-0.2, 0) is 0 Å². The largest absolute Gasteiger partial charge is 0.283 e. The van der Waals surface area contributed by atoms with E-state index in [1.165, 1.54) is 0 Å². The van der Waals surface area contributed by atoms with Crippen LogP contribution in [0.25, 0.3) is 0 Å². The van der Waals surface area contributed by atoms with E-state index in [4.69, 9.17) is 5.41 Å². The Bertz CT molecular complexity index is 592. The SMILES string of the molecule is C=C(C(=N)/N=C(\C)C(F)CC(C)C1=CC(C)CC1C#N)C1CC1. The summed E-state index contributed by atoms with van der Waals surface area (Å²) in [6.45, 7) is 9.59. The zero-order chi connectivity index (χ0) is 17.1. The summed E-state index contributed by atoms with van der Waals surface area (Å²) in [5, 5.41) is 17.2. The lowest BCUT2D eigenvalue weighted by molar-refractivity contribution is 0.359. The predicted octanol–water partition coefficient (Wildman–Crippen LogP) is 4.86. The number of nitriles is 1. The molecule has 1 saturated carbocycles. The first-order valence-electron chi connectivity index (χ1n) is 8.41. The van der Waals surface area contributed by atoms with E-state index < -0.39 is 6.17 Å². The number of hydrogen-bond acceptors (Lipinski definition) is 2. The topological polar surface area (TPSA) is 60.0 Å². The molecule has 124 valence electrons. The smallest absolute Gasteiger partial charge is 0.147 e. The molecule has 2 rings (SSSR count). The summed E-state index contributed by atoms with van der Waals surface area (Å²) < 4.78 is 14.5. The van der Waals surface area contributed by atoms with Gasteiger partial charge in [0.15, 0.2) is 0 Å². The van der Waals surface area contributed by atoms with Crippen LogP contribution in [0, 0.1) is 40.4 Å². The number of nitrogens with one attached hydrogen (secondary N) is 1. The molecule has 2 aliphatic rings. The molecule has 1 fully saturated rings. The highest BCUT2D eigenvalue weighted by atomic mass is 19.1. The number of halogens is 1. The predicted molar refractivity (Wildman–Crippen MR) is 92.3 cm³/mol. The molecular formula is C19H26FN3. The minimum absolute atomic E-state index is 0.0190. The second-order valence-corrected chi connectivity index (χ2v) is 7.07. The van der Waals surface area contributed by atoms with E-state index in [0.717, 1.165) is 30.4 Å². The molecule has 0 radical (unpaired) electrons. The van der Waals surface area contributed by atoms with E-state index in [1.54, 1.807) is 6.92 Å². The van der Waals surface area contributed by atoms with Gasteiger partial charge in [-0.05, 0) is 55.9 Å². The first kappa shape index (κ1) is 17.6. The summed E-state index contributed by atoms with van der Waals surface area (Å²) in [4.78, 5) is 4.11. The third-order valence-corrected chi connectivity index (χ3v) is 4.89. The van der Waals surface area contributed by atoms with Crippen molar-refractivity contribution in [1.82, 2.24) is 0 Å². The highest BCUT2D eigenvalue weighted by Gasteiger charge is 2.30. The van der Waals surface area contributed by atoms with Gasteiger partial charge in [-0.1, -0.05) is 32.1 Å². The molecule has 4 atom stereocenters. The highest BCUT2D eigenvalue weighted by molar-refractivity contribution is 6.05. The van der Waals surface area contributed by atoms with E-state index >= 15 is 0 Å². The molecule has 0 amide bonds. The molecule has 0 aliphatic heterocycles. The standard InChI is InChI=1S/C19H26FN3/c1-11-7-16(10-21)17(8-11)12(2)9-18(20)14(4)23-19(22)13(3)15-5-6-15/h8,11-12,15-16,18,22H,3,5-7,9H2,1-2,4H3/b22-19?,23-14+. The Balaban J connectivity index is 1.96. The molecule has 0 heterocycles. The van der Waals surface area contributed by atoms with Gasteiger partial charge in [0.25, 0.3) is 0 Å². The van der Waals surface area contributed by atoms with Crippen molar-refractivity contribution < 1.29 is 4.39 Å². The van der Waals surface area contributed by atoms with Crippen LogP contribution in [-0.4, -0.2) is 17.7 Å². The van der Waals surface area contributed by atoms with E-state index in [-0.39, 0.29) is 17.7 Å². The Labute approximate surface area is 138 Å². The van der Waals surface area contributed by atoms with Crippen molar-refractivity contribution in [2.45, 2.75) is 52.6 Å². The third-order valence-electron chi connectivity index (χ3n) is 4.89. The quantitative estimate of drug-likeness (QED) is 0.424. The van der Waals surface area contributed by atoms with Gasteiger partial charge in [0.1, 0.15) is 12.0 Å². The Hall–Kier alpha value is -1.76. The molecule has 4 heteroatoms. The fourth-order valence-corrected chi connectivity index (χ4v) is 3.22. The third kappa shape index (κ3) is 4.37. The minimum Gasteiger partial charge on any atom is -0.283 e. The molecular weight excluding hydrogens is 289 g/mol. The number of allylic oxidation sites excluding steroid dienone is 2. The van der Waals surface area contributed by atoms with Crippen LogP contribution in [0.3, 0.4) is 0 Å². The van der Waals surface area contributed by atoms with Crippen LogP contribution >= 0.6 is 0 Å². The van der Waals surface area contributed by atoms with Crippen LogP contribution < -0.4 is 0 Å². The lowest BCUT2D eigenvalue weighted by atomic mass is 9.88. The van der Waals surface area contributed by atoms with Crippen LogP contribution in [0.5, 0.6) is 0 Å². The maximum absolute atomic E-state index is 14.5. The number of hydrogen-bond donors (Lipinski definition) is 1. The highest BCUT2D eigenvalue weighted by Crippen LogP contribution is 2.37. The van der Waals surface area contributed by atoms with Crippen molar-refractivity contribution in [3.8, 4) is 6.07 Å². The molecule has 23 heavy (non-hydrogen) atoms. The van der Waals surface area contributed by atoms with Crippen molar-refractivity contribution in [3.05, 3.63) is 23.8 Å². The van der Waals surface area contributed by atoms with Crippen molar-refractivity contribution in [3.63, 3.8) is 0 Å². The zero-order valence-corrected chi connectivity index (χ0v) is 14.3. The fraction of sp³-hybridized carbons (Fsp3) is 0.632. The summed E-state index contributed by atoms with van der Waals surface area (Å²) in [6.07, 6.45) is 4.21. The first-order valence-corrected chi connectivity index (χ1v) is 8.41. The number of amidine groups is 1. The maximum Gasteiger partial charge on any atom is 0.147 e. The Morgan fingerprint density at radius 1 is 1.57 bits per heavy atom. The molecule has 0 bridgehead atoms. The minimum atomic E-state index is -1.19. The van der Waals surface area contributed by atoms with E-state index in [0.29, 0.717) is 24.0 Å². The molecule has 2 aliphatic carbocycles. The molecule has 0 aromatic carbocycles. The number of aliphatic imine (C=N–C) groups is 1. The summed E-state index contributed by atoms with van der Waals surface area (Å²) in [7, 11) is 0. The molecule has 0 aromatic heterocycles. The van der Waals surface area contributed by atoms with Crippen molar-refractivity contribution in [2.75, 3.05) is 0 Å². The average molecular weight is 315 g/mol. The van der Waals surface area contributed by atoms with Gasteiger partial charge in [0.05, 0.1) is 17.7 Å². The maximum atomic E-state index is 14.5. The summed E-state index contributed by atoms with van der Waals surface area (Å²) >= 11 is 0. The average Bonchev–Trinajstić information content (AvgIpc) is 3.28. The van der Waals surface area contributed by atoms with Gasteiger partial charge in [0, 0.05) is 0 Å². The molecule has 0 saturated heterocycles. The van der Waals surface area contributed by atoms with Crippen molar-refractivity contribution in [2.24, 2.45) is 28.7 Å². The molecule has 1 N–H and O–H groups in total. The Kier molecular flexibility index (Phi) is 5.51. The van der Waals surface area contributed by atoms with Crippen LogP contribution in [0.2, 0.25) is 0 Å². The lowest BCUT2D eigenvalue weighted by Gasteiger charge is -2.18. The second-order valence-electron chi connectivity index (χ2n) is 7.07. The van der Waals surface area contributed by atoms with Crippen LogP contribution in [0.4, 0.5) is 4.39 Å². The van der Waals surface area contributed by atoms with Crippen LogP contribution in [0.15, 0.2) is 28.8 Å². The number of nitrogens with zero attached hydrogens (tertiary/aromatic N) is 2. The van der Waals surface area contributed by atoms with Gasteiger partial charge in [-0.2, -0.15) is 5.26 Å². The van der Waals surface area contributed by atoms with Gasteiger partial charge in [-0.15, -0.1) is 0 Å². The van der Waals surface area contributed by atoms with E-state index in [2.05, 4.69) is 30.6 Å². The van der Waals surface area contributed by atoms with Gasteiger partial charge < -0.3 is 0 Å². The van der Waals surface area contributed by atoms with Gasteiger partial charge in [0.2, 0.25) is 0 Å². The monoisotopic (exact) mass is 315 g/mol. The van der Waals surface area contributed by atoms with Gasteiger partial charge >= 0.3 is 0 Å². The first-order chi connectivity index (χ1) is 10.8. The fourth-order valence-electron chi connectivity index (χ4n) is 3.22. The van der Waals surface area contributed by atoms with E-state index in [1.807, 2.05) is 6.92 Å². The lowest BCUT2D eigenvalue weighted by Crippen LogP contribution is -2.19. The van der Waals surface area contributed by atoms with Gasteiger partial charge in [-0.3, -0.25) is 5.41 Å². The molecule has 0 spiro atoms. The van der Waals surface area contributed by atoms with Crippen molar-refractivity contribution >= 4 is 11.5 Å². The Morgan fingerprint density at radius 2 is 2.22 bits per heavy atom. The summed E-state index contributed by atoms with van der Waals surface area (Å²) in [6, 6.07) is 2.33. The number of rotatable bonds is 6. The van der Waals surface area contributed by atoms with Gasteiger partial charge in [-0.25, -0.2) is 9.38 Å². The van der Waals surface area contributed by atoms with Crippen LogP contribution in [0.1, 0.15) is 46.5 Å². The zero-order valence-electron chi connectivity index (χ0n) is 14.3.